The van der Waals surface area contributed by atoms with Crippen LogP contribution in [0, 0.1) is 13.8 Å². The van der Waals surface area contributed by atoms with Gasteiger partial charge in [0.15, 0.2) is 11.5 Å². The Bertz CT molecular complexity index is 3910. The van der Waals surface area contributed by atoms with Crippen LogP contribution in [0.4, 0.5) is 56.9 Å². The normalized spacial score (nSPS) is 11.6. The van der Waals surface area contributed by atoms with Crippen molar-refractivity contribution in [1.29, 1.82) is 0 Å². The average molecular weight is 1180 g/mol. The van der Waals surface area contributed by atoms with E-state index in [1.54, 1.807) is 13.8 Å². The summed E-state index contributed by atoms with van der Waals surface area (Å²) in [4.78, 5) is 21.2. The molecule has 0 saturated carbocycles. The number of carboxylic acid groups (broad SMARTS) is 2. The first-order valence-electron chi connectivity index (χ1n) is 21.9. The molecule has 396 valence electrons. The number of aromatic hydroxyl groups is 4. The fourth-order valence-corrected chi connectivity index (χ4v) is 8.90. The monoisotopic (exact) mass is 1180 g/mol. The number of carboxylic acids is 2. The Hall–Kier alpha value is -5.96. The number of azo groups is 4. The first-order chi connectivity index (χ1) is 36.4. The number of hydrogen-bond acceptors (Lipinski definition) is 21. The van der Waals surface area contributed by atoms with Gasteiger partial charge in [-0.3, -0.25) is 9.11 Å². The van der Waals surface area contributed by atoms with Gasteiger partial charge in [-0.2, -0.15) is 37.3 Å². The number of hydrogen-bond donors (Lipinski definition) is 9. The first kappa shape index (κ1) is 67.5. The number of rotatable bonds is 16. The number of ether oxygens (including phenoxy) is 2. The van der Waals surface area contributed by atoms with Gasteiger partial charge in [0.05, 0.1) is 37.0 Å². The largest absolute Gasteiger partial charge is 0.507 e. The first-order valence-corrected chi connectivity index (χ1v) is 24.8. The van der Waals surface area contributed by atoms with Crippen molar-refractivity contribution in [2.45, 2.75) is 23.6 Å². The molecule has 0 unspecified atom stereocenters. The SMILES string of the molecule is COc1cc(N=Nc2ccc(O)c(C(=O)O)c2)c(C)cc1N=Nc1c(S(=O)(=O)O)cc2cc(Nc3ccc4c(O)c(N=Nc5cc(C)c(N=Nc6ccc(O)c(C(=O)O)c6)cc5OC)c(S(=O)(=O)O)cc4c3)ccc2c1O.[Na].[Na].[Na].[Na]. The van der Waals surface area contributed by atoms with E-state index in [2.05, 4.69) is 46.2 Å². The summed E-state index contributed by atoms with van der Waals surface area (Å²) in [6.45, 7) is 3.26. The van der Waals surface area contributed by atoms with Gasteiger partial charge in [-0.1, -0.05) is 0 Å². The molecule has 4 radical (unpaired) electrons. The molecule has 0 aliphatic rings. The minimum atomic E-state index is -5.08. The number of aryl methyl sites for hydroxylation is 2. The van der Waals surface area contributed by atoms with Crippen LogP contribution in [0.2, 0.25) is 0 Å². The zero-order valence-electron chi connectivity index (χ0n) is 44.1. The van der Waals surface area contributed by atoms with Gasteiger partial charge < -0.3 is 45.4 Å². The van der Waals surface area contributed by atoms with Gasteiger partial charge >= 0.3 is 11.9 Å². The molecule has 0 aliphatic heterocycles. The molecule has 8 aromatic carbocycles. The maximum atomic E-state index is 12.8. The molecule has 0 aliphatic carbocycles. The number of phenols is 4. The van der Waals surface area contributed by atoms with Crippen LogP contribution in [0.1, 0.15) is 31.8 Å². The molecular formula is C50H39N9Na4O16S2. The molecule has 8 aromatic rings. The molecule has 0 amide bonds. The van der Waals surface area contributed by atoms with Gasteiger partial charge in [-0.25, -0.2) is 9.59 Å². The number of benzene rings is 8. The van der Waals surface area contributed by atoms with E-state index < -0.39 is 76.3 Å². The molecule has 25 nitrogen and oxygen atoms in total. The van der Waals surface area contributed by atoms with Crippen LogP contribution in [0.3, 0.4) is 0 Å². The van der Waals surface area contributed by atoms with Crippen molar-refractivity contribution in [2.24, 2.45) is 40.9 Å². The van der Waals surface area contributed by atoms with Crippen molar-refractivity contribution in [3.63, 3.8) is 0 Å². The van der Waals surface area contributed by atoms with Gasteiger partial charge in [0.2, 0.25) is 0 Å². The molecule has 0 fully saturated rings. The summed E-state index contributed by atoms with van der Waals surface area (Å²) in [6, 6.07) is 23.8. The summed E-state index contributed by atoms with van der Waals surface area (Å²) >= 11 is 0. The fourth-order valence-electron chi connectivity index (χ4n) is 7.58. The Kier molecular flexibility index (Phi) is 23.2. The number of anilines is 2. The average Bonchev–Trinajstić information content (AvgIpc) is 3.41. The number of fused-ring (bicyclic) bond motifs is 2. The Morgan fingerprint density at radius 1 is 0.457 bits per heavy atom. The Morgan fingerprint density at radius 3 is 1.15 bits per heavy atom. The van der Waals surface area contributed by atoms with E-state index in [0.717, 1.165) is 36.4 Å². The molecule has 9 N–H and O–H groups in total. The Labute approximate surface area is 548 Å². The molecule has 8 rings (SSSR count). The van der Waals surface area contributed by atoms with Crippen molar-refractivity contribution in [2.75, 3.05) is 19.5 Å². The van der Waals surface area contributed by atoms with E-state index in [0.29, 0.717) is 22.5 Å². The van der Waals surface area contributed by atoms with Gasteiger partial charge in [0.1, 0.15) is 66.7 Å². The van der Waals surface area contributed by atoms with Crippen LogP contribution in [0.25, 0.3) is 21.5 Å². The number of carbonyl (C=O) groups is 2. The van der Waals surface area contributed by atoms with Crippen LogP contribution in [0.5, 0.6) is 34.5 Å². The second kappa shape index (κ2) is 27.9. The van der Waals surface area contributed by atoms with Crippen LogP contribution in [-0.4, -0.2) is 201 Å². The molecule has 0 saturated heterocycles. The molecule has 0 aromatic heterocycles. The number of phenolic OH excluding ortho intramolecular Hbond substituents is 2. The van der Waals surface area contributed by atoms with Crippen molar-refractivity contribution in [3.8, 4) is 34.5 Å². The van der Waals surface area contributed by atoms with E-state index in [4.69, 9.17) is 9.47 Å². The number of nitrogens with zero attached hydrogens (tertiary/aromatic N) is 8. The van der Waals surface area contributed by atoms with Gasteiger partial charge in [0.25, 0.3) is 20.2 Å². The van der Waals surface area contributed by atoms with Gasteiger partial charge in [-0.05, 0) is 133 Å². The summed E-state index contributed by atoms with van der Waals surface area (Å²) in [5.74, 6) is -4.85. The zero-order valence-corrected chi connectivity index (χ0v) is 53.8. The third-order valence-corrected chi connectivity index (χ3v) is 13.2. The maximum Gasteiger partial charge on any atom is 0.339 e. The van der Waals surface area contributed by atoms with Crippen LogP contribution in [-0.2, 0) is 20.2 Å². The molecule has 0 spiro atoms. The minimum Gasteiger partial charge on any atom is -0.507 e. The number of nitrogens with one attached hydrogen (secondary N) is 1. The quantitative estimate of drug-likeness (QED) is 0.0246. The summed E-state index contributed by atoms with van der Waals surface area (Å²) in [7, 11) is -7.54. The molecule has 0 bridgehead atoms. The van der Waals surface area contributed by atoms with Crippen LogP contribution in [0.15, 0.2) is 160 Å². The van der Waals surface area contributed by atoms with E-state index in [-0.39, 0.29) is 197 Å². The maximum absolute atomic E-state index is 12.8. The zero-order chi connectivity index (χ0) is 55.7. The molecule has 0 atom stereocenters. The summed E-state index contributed by atoms with van der Waals surface area (Å²) in [5, 5.41) is 97.1. The second-order valence-electron chi connectivity index (χ2n) is 16.5. The van der Waals surface area contributed by atoms with Crippen LogP contribution < -0.4 is 14.8 Å². The predicted octanol–water partition coefficient (Wildman–Crippen LogP) is 11.2. The molecule has 81 heavy (non-hydrogen) atoms. The number of methoxy groups -OCH3 is 2. The molecular weight excluding hydrogens is 1140 g/mol. The van der Waals surface area contributed by atoms with E-state index in [1.807, 2.05) is 0 Å². The van der Waals surface area contributed by atoms with E-state index in [9.17, 15) is 66.2 Å². The Morgan fingerprint density at radius 2 is 0.815 bits per heavy atom. The van der Waals surface area contributed by atoms with Gasteiger partial charge in [0, 0.05) is 153 Å². The smallest absolute Gasteiger partial charge is 0.339 e. The summed E-state index contributed by atoms with van der Waals surface area (Å²) < 4.78 is 82.6. The van der Waals surface area contributed by atoms with Crippen molar-refractivity contribution in [1.82, 2.24) is 0 Å². The van der Waals surface area contributed by atoms with Crippen molar-refractivity contribution < 1.29 is 75.6 Å². The van der Waals surface area contributed by atoms with Crippen LogP contribution >= 0.6 is 0 Å². The fraction of sp³-hybridized carbons (Fsp3) is 0.0800. The van der Waals surface area contributed by atoms with E-state index in [1.165, 1.54) is 87.0 Å². The number of aromatic carboxylic acids is 2. The van der Waals surface area contributed by atoms with Crippen molar-refractivity contribution >= 4 is 229 Å². The summed E-state index contributed by atoms with van der Waals surface area (Å²) in [5.41, 5.74) is 0.362. The standard InChI is InChI=1S/C50H39N9O16S2.4Na/c1-23-13-37(41(74-3)21-35(23)54-52-29-7-11-39(60)33(19-29)49(64)65)56-58-45-43(76(68,69)70)17-25-15-27(5-9-31(25)47(45)62)51-28-6-10-32-26(16-28)18-44(77(71,72)73)46(48(32)63)59-57-38-14-24(2)36(22-42(38)75-4)55-53-30-8-12-40(61)34(20-30)50(66)67;;;;/h5-22,51,60-63H,1-4H3,(H,64,65)(H,66,67)(H,68,69,70)(H,71,72,73);;;;. The van der Waals surface area contributed by atoms with Gasteiger partial charge in [-0.15, -0.1) is 20.5 Å². The topological polar surface area (TPSA) is 394 Å². The third kappa shape index (κ3) is 15.4. The minimum absolute atomic E-state index is 0. The predicted molar refractivity (Wildman–Crippen MR) is 299 cm³/mol. The summed E-state index contributed by atoms with van der Waals surface area (Å²) in [6.07, 6.45) is 0. The molecule has 31 heteroatoms. The molecule has 0 heterocycles. The Balaban J connectivity index is 0.00000353. The second-order valence-corrected chi connectivity index (χ2v) is 19.3. The van der Waals surface area contributed by atoms with E-state index >= 15 is 0 Å². The third-order valence-electron chi connectivity index (χ3n) is 11.4. The van der Waals surface area contributed by atoms with Crippen molar-refractivity contribution in [3.05, 3.63) is 131 Å².